The third kappa shape index (κ3) is 4.31. The molecule has 2 aromatic heterocycles. The van der Waals surface area contributed by atoms with Crippen molar-refractivity contribution in [2.45, 2.75) is 58.8 Å². The van der Waals surface area contributed by atoms with Gasteiger partial charge in [-0.15, -0.1) is 0 Å². The standard InChI is InChI=1S/C27H35N3O2/c1-6-22(31)16-30-11-9-19(10-12-30)20-7-8-24-23(14-20)25(17(2)3)26(28-24)21-13-18(4)27(32)29(5)15-21/h7-8,13-15,17,19,28H,6,9-12,16H2,1-5H3. The molecule has 1 saturated heterocycles. The number of nitrogens with zero attached hydrogens (tertiary/aromatic N) is 2. The van der Waals surface area contributed by atoms with Crippen molar-refractivity contribution in [2.24, 2.45) is 7.05 Å². The lowest BCUT2D eigenvalue weighted by Gasteiger charge is -2.31. The minimum absolute atomic E-state index is 0.0465. The van der Waals surface area contributed by atoms with Crippen LogP contribution < -0.4 is 5.56 Å². The fourth-order valence-corrected chi connectivity index (χ4v) is 5.11. The van der Waals surface area contributed by atoms with Crippen LogP contribution in [0, 0.1) is 6.92 Å². The molecule has 3 heterocycles. The Labute approximate surface area is 190 Å². The molecule has 0 bridgehead atoms. The van der Waals surface area contributed by atoms with E-state index in [0.717, 1.165) is 48.3 Å². The van der Waals surface area contributed by atoms with E-state index in [1.165, 1.54) is 16.5 Å². The second kappa shape index (κ2) is 9.07. The SMILES string of the molecule is CCC(=O)CN1CCC(c2ccc3[nH]c(-c4cc(C)c(=O)n(C)c4)c(C(C)C)c3c2)CC1. The molecular formula is C27H35N3O2. The van der Waals surface area contributed by atoms with Crippen molar-refractivity contribution in [2.75, 3.05) is 19.6 Å². The quantitative estimate of drug-likeness (QED) is 0.587. The Bertz CT molecular complexity index is 1170. The Morgan fingerprint density at radius 3 is 2.53 bits per heavy atom. The normalized spacial score (nSPS) is 15.7. The zero-order valence-corrected chi connectivity index (χ0v) is 20.0. The maximum absolute atomic E-state index is 12.2. The van der Waals surface area contributed by atoms with Crippen molar-refractivity contribution in [1.29, 1.82) is 0 Å². The van der Waals surface area contributed by atoms with Gasteiger partial charge >= 0.3 is 0 Å². The van der Waals surface area contributed by atoms with Gasteiger partial charge in [0.05, 0.1) is 12.2 Å². The van der Waals surface area contributed by atoms with E-state index >= 15 is 0 Å². The minimum atomic E-state index is 0.0465. The van der Waals surface area contributed by atoms with E-state index < -0.39 is 0 Å². The van der Waals surface area contributed by atoms with Crippen LogP contribution in [-0.2, 0) is 11.8 Å². The van der Waals surface area contributed by atoms with E-state index in [0.29, 0.717) is 30.6 Å². The van der Waals surface area contributed by atoms with Crippen molar-refractivity contribution in [3.63, 3.8) is 0 Å². The number of fused-ring (bicyclic) bond motifs is 1. The number of benzene rings is 1. The highest BCUT2D eigenvalue weighted by atomic mass is 16.1. The van der Waals surface area contributed by atoms with E-state index in [4.69, 9.17) is 0 Å². The fraction of sp³-hybridized carbons (Fsp3) is 0.481. The molecule has 1 fully saturated rings. The summed E-state index contributed by atoms with van der Waals surface area (Å²) in [5, 5.41) is 1.28. The topological polar surface area (TPSA) is 58.1 Å². The number of carbonyl (C=O) groups is 1. The molecule has 170 valence electrons. The van der Waals surface area contributed by atoms with Crippen LogP contribution in [0.15, 0.2) is 35.3 Å². The summed E-state index contributed by atoms with van der Waals surface area (Å²) in [5.41, 5.74) is 6.81. The molecule has 5 heteroatoms. The summed E-state index contributed by atoms with van der Waals surface area (Å²) in [6, 6.07) is 8.84. The number of aromatic amines is 1. The summed E-state index contributed by atoms with van der Waals surface area (Å²) in [5.74, 6) is 1.22. The molecule has 0 unspecified atom stereocenters. The van der Waals surface area contributed by atoms with Gasteiger partial charge in [0.1, 0.15) is 5.78 Å². The van der Waals surface area contributed by atoms with Crippen LogP contribution in [0.25, 0.3) is 22.2 Å². The molecule has 0 amide bonds. The molecule has 1 N–H and O–H groups in total. The Kier molecular flexibility index (Phi) is 6.38. The summed E-state index contributed by atoms with van der Waals surface area (Å²) < 4.78 is 1.67. The summed E-state index contributed by atoms with van der Waals surface area (Å²) in [7, 11) is 1.81. The van der Waals surface area contributed by atoms with Crippen molar-refractivity contribution in [3.05, 3.63) is 57.5 Å². The average Bonchev–Trinajstić information content (AvgIpc) is 3.16. The smallest absolute Gasteiger partial charge is 0.253 e. The lowest BCUT2D eigenvalue weighted by Crippen LogP contribution is -2.36. The lowest BCUT2D eigenvalue weighted by atomic mass is 9.87. The van der Waals surface area contributed by atoms with E-state index in [1.807, 2.05) is 33.2 Å². The van der Waals surface area contributed by atoms with Gasteiger partial charge in [0.25, 0.3) is 5.56 Å². The van der Waals surface area contributed by atoms with Crippen LogP contribution in [0.2, 0.25) is 0 Å². The number of Topliss-reactive ketones (excluding diaryl/α,β-unsaturated/α-hetero) is 1. The maximum Gasteiger partial charge on any atom is 0.253 e. The molecule has 32 heavy (non-hydrogen) atoms. The number of piperidine rings is 1. The lowest BCUT2D eigenvalue weighted by molar-refractivity contribution is -0.120. The highest BCUT2D eigenvalue weighted by molar-refractivity contribution is 5.92. The van der Waals surface area contributed by atoms with E-state index in [1.54, 1.807) is 4.57 Å². The van der Waals surface area contributed by atoms with E-state index in [-0.39, 0.29) is 5.56 Å². The van der Waals surface area contributed by atoms with Gasteiger partial charge in [-0.3, -0.25) is 14.5 Å². The van der Waals surface area contributed by atoms with Gasteiger partial charge in [-0.25, -0.2) is 0 Å². The second-order valence-corrected chi connectivity index (χ2v) is 9.64. The Morgan fingerprint density at radius 2 is 1.91 bits per heavy atom. The number of aryl methyl sites for hydroxylation is 2. The van der Waals surface area contributed by atoms with Gasteiger partial charge < -0.3 is 9.55 Å². The highest BCUT2D eigenvalue weighted by Gasteiger charge is 2.23. The number of carbonyl (C=O) groups excluding carboxylic acids is 1. The predicted molar refractivity (Wildman–Crippen MR) is 132 cm³/mol. The third-order valence-corrected chi connectivity index (χ3v) is 6.94. The molecular weight excluding hydrogens is 398 g/mol. The molecule has 0 aliphatic carbocycles. The van der Waals surface area contributed by atoms with Crippen molar-refractivity contribution < 1.29 is 4.79 Å². The third-order valence-electron chi connectivity index (χ3n) is 6.94. The van der Waals surface area contributed by atoms with Crippen LogP contribution in [-0.4, -0.2) is 39.9 Å². The number of H-pyrrole nitrogens is 1. The number of likely N-dealkylation sites (tertiary alicyclic amines) is 1. The molecule has 0 spiro atoms. The zero-order valence-electron chi connectivity index (χ0n) is 20.0. The zero-order chi connectivity index (χ0) is 23.0. The Hall–Kier alpha value is -2.66. The first kappa shape index (κ1) is 22.5. The van der Waals surface area contributed by atoms with Crippen molar-refractivity contribution in [3.8, 4) is 11.3 Å². The summed E-state index contributed by atoms with van der Waals surface area (Å²) in [6.07, 6.45) is 4.74. The summed E-state index contributed by atoms with van der Waals surface area (Å²) in [4.78, 5) is 29.9. The molecule has 3 aromatic rings. The fourth-order valence-electron chi connectivity index (χ4n) is 5.11. The number of hydrogen-bond acceptors (Lipinski definition) is 3. The van der Waals surface area contributed by atoms with Gasteiger partial charge in [-0.2, -0.15) is 0 Å². The molecule has 0 radical (unpaired) electrons. The number of ketones is 1. The average molecular weight is 434 g/mol. The minimum Gasteiger partial charge on any atom is -0.354 e. The molecule has 5 nitrogen and oxygen atoms in total. The van der Waals surface area contributed by atoms with Crippen LogP contribution in [0.1, 0.15) is 68.6 Å². The molecule has 0 saturated carbocycles. The summed E-state index contributed by atoms with van der Waals surface area (Å²) >= 11 is 0. The van der Waals surface area contributed by atoms with Gasteiger partial charge in [0, 0.05) is 41.7 Å². The molecule has 0 atom stereocenters. The maximum atomic E-state index is 12.2. The van der Waals surface area contributed by atoms with Crippen molar-refractivity contribution >= 4 is 16.7 Å². The van der Waals surface area contributed by atoms with Crippen LogP contribution in [0.5, 0.6) is 0 Å². The van der Waals surface area contributed by atoms with Gasteiger partial charge in [-0.1, -0.05) is 26.8 Å². The largest absolute Gasteiger partial charge is 0.354 e. The highest BCUT2D eigenvalue weighted by Crippen LogP contribution is 2.38. The van der Waals surface area contributed by atoms with E-state index in [9.17, 15) is 9.59 Å². The monoisotopic (exact) mass is 433 g/mol. The first-order valence-corrected chi connectivity index (χ1v) is 11.9. The number of nitrogens with one attached hydrogen (secondary N) is 1. The van der Waals surface area contributed by atoms with Crippen LogP contribution >= 0.6 is 0 Å². The van der Waals surface area contributed by atoms with Gasteiger partial charge in [-0.05, 0) is 74.0 Å². The first-order chi connectivity index (χ1) is 15.3. The van der Waals surface area contributed by atoms with Crippen molar-refractivity contribution in [1.82, 2.24) is 14.5 Å². The summed E-state index contributed by atoms with van der Waals surface area (Å²) in [6.45, 7) is 10.9. The molecule has 4 rings (SSSR count). The van der Waals surface area contributed by atoms with Crippen LogP contribution in [0.4, 0.5) is 0 Å². The molecule has 1 aliphatic heterocycles. The van der Waals surface area contributed by atoms with E-state index in [2.05, 4.69) is 41.9 Å². The molecule has 1 aliphatic rings. The molecule has 1 aromatic carbocycles. The predicted octanol–water partition coefficient (Wildman–Crippen LogP) is 5.12. The Balaban J connectivity index is 1.67. The van der Waals surface area contributed by atoms with Gasteiger partial charge in [0.15, 0.2) is 0 Å². The number of rotatable bonds is 6. The number of pyridine rings is 1. The van der Waals surface area contributed by atoms with Crippen LogP contribution in [0.3, 0.4) is 0 Å². The number of hydrogen-bond donors (Lipinski definition) is 1. The number of aromatic nitrogens is 2. The van der Waals surface area contributed by atoms with Gasteiger partial charge in [0.2, 0.25) is 0 Å². The second-order valence-electron chi connectivity index (χ2n) is 9.64. The Morgan fingerprint density at radius 1 is 1.19 bits per heavy atom. The first-order valence-electron chi connectivity index (χ1n) is 11.9.